The minimum absolute atomic E-state index is 0.0990. The molecular weight excluding hydrogens is 615 g/mol. The molecule has 1 saturated heterocycles. The first kappa shape index (κ1) is 26.8. The third kappa shape index (κ3) is 5.36. The van der Waals surface area contributed by atoms with Gasteiger partial charge in [0.2, 0.25) is 10.0 Å². The van der Waals surface area contributed by atoms with Crippen LogP contribution in [0, 0.1) is 17.2 Å². The summed E-state index contributed by atoms with van der Waals surface area (Å²) in [5.74, 6) is 0.838. The van der Waals surface area contributed by atoms with Crippen LogP contribution in [0.5, 0.6) is 0 Å². The van der Waals surface area contributed by atoms with Crippen LogP contribution in [0.2, 0.25) is 0 Å². The molecule has 1 fully saturated rings. The van der Waals surface area contributed by atoms with Gasteiger partial charge in [-0.15, -0.1) is 0 Å². The van der Waals surface area contributed by atoms with Crippen molar-refractivity contribution >= 4 is 60.4 Å². The molecular formula is C27H29IN6O3S. The number of aromatic nitrogens is 3. The molecule has 198 valence electrons. The number of hydrogen-bond donors (Lipinski definition) is 1. The second kappa shape index (κ2) is 11.5. The van der Waals surface area contributed by atoms with Crippen molar-refractivity contribution in [2.75, 3.05) is 36.5 Å². The van der Waals surface area contributed by atoms with E-state index < -0.39 is 10.0 Å². The van der Waals surface area contributed by atoms with Crippen LogP contribution in [-0.2, 0) is 14.8 Å². The average Bonchev–Trinajstić information content (AvgIpc) is 3.39. The Hall–Kier alpha value is -2.79. The Morgan fingerprint density at radius 2 is 1.97 bits per heavy atom. The number of nitriles is 1. The molecule has 0 aliphatic carbocycles. The Kier molecular flexibility index (Phi) is 8.13. The maximum Gasteiger partial charge on any atom is 0.243 e. The fraction of sp³-hybridized carbons (Fsp3) is 0.370. The molecule has 1 aliphatic heterocycles. The molecule has 2 aromatic carbocycles. The Bertz CT molecular complexity index is 1590. The van der Waals surface area contributed by atoms with Gasteiger partial charge in [-0.25, -0.2) is 18.4 Å². The normalized spacial score (nSPS) is 16.1. The average molecular weight is 645 g/mol. The van der Waals surface area contributed by atoms with E-state index in [1.54, 1.807) is 18.2 Å². The summed E-state index contributed by atoms with van der Waals surface area (Å²) < 4.78 is 36.7. The van der Waals surface area contributed by atoms with Crippen molar-refractivity contribution in [1.29, 1.82) is 5.26 Å². The third-order valence-electron chi connectivity index (χ3n) is 7.16. The highest BCUT2D eigenvalue weighted by atomic mass is 127. The molecule has 9 nitrogen and oxygen atoms in total. The number of hydrogen-bond acceptors (Lipinski definition) is 7. The summed E-state index contributed by atoms with van der Waals surface area (Å²) in [5, 5.41) is 10.1. The Balaban J connectivity index is 1.16. The van der Waals surface area contributed by atoms with Gasteiger partial charge in [0.15, 0.2) is 5.82 Å². The number of benzene rings is 2. The van der Waals surface area contributed by atoms with Crippen molar-refractivity contribution in [2.45, 2.75) is 30.2 Å². The number of anilines is 1. The number of nitrogen functional groups attached to an aromatic ring is 1. The number of imidazole rings is 1. The third-order valence-corrected chi connectivity index (χ3v) is 10.1. The van der Waals surface area contributed by atoms with Gasteiger partial charge >= 0.3 is 0 Å². The predicted octanol–water partition coefficient (Wildman–Crippen LogP) is 4.52. The summed E-state index contributed by atoms with van der Waals surface area (Å²) in [6, 6.07) is 16.3. The van der Waals surface area contributed by atoms with Gasteiger partial charge in [-0.05, 0) is 49.4 Å². The molecule has 4 aromatic rings. The van der Waals surface area contributed by atoms with E-state index >= 15 is 0 Å². The summed E-state index contributed by atoms with van der Waals surface area (Å²) in [5.41, 5.74) is 9.07. The minimum Gasteiger partial charge on any atom is -0.382 e. The van der Waals surface area contributed by atoms with Crippen molar-refractivity contribution in [1.82, 2.24) is 18.8 Å². The van der Waals surface area contributed by atoms with E-state index in [0.29, 0.717) is 49.1 Å². The van der Waals surface area contributed by atoms with E-state index in [1.807, 2.05) is 36.7 Å². The molecule has 0 radical (unpaired) electrons. The number of nitrogens with zero attached hydrogens (tertiary/aromatic N) is 5. The van der Waals surface area contributed by atoms with Crippen molar-refractivity contribution < 1.29 is 13.2 Å². The lowest BCUT2D eigenvalue weighted by Crippen LogP contribution is -2.38. The van der Waals surface area contributed by atoms with E-state index in [4.69, 9.17) is 15.7 Å². The summed E-state index contributed by atoms with van der Waals surface area (Å²) in [4.78, 5) is 9.21. The monoisotopic (exact) mass is 644 g/mol. The second-order valence-corrected chi connectivity index (χ2v) is 12.3. The highest BCUT2D eigenvalue weighted by Crippen LogP contribution is 2.30. The molecule has 1 aliphatic rings. The van der Waals surface area contributed by atoms with E-state index in [9.17, 15) is 8.42 Å². The quantitative estimate of drug-likeness (QED) is 0.161. The van der Waals surface area contributed by atoms with Gasteiger partial charge in [0.25, 0.3) is 0 Å². The molecule has 2 N–H and O–H groups in total. The van der Waals surface area contributed by atoms with Crippen molar-refractivity contribution in [3.8, 4) is 6.07 Å². The molecule has 0 saturated carbocycles. The lowest BCUT2D eigenvalue weighted by Gasteiger charge is -2.31. The van der Waals surface area contributed by atoms with Gasteiger partial charge < -0.3 is 15.0 Å². The number of piperidine rings is 1. The summed E-state index contributed by atoms with van der Waals surface area (Å²) in [6.45, 7) is 2.12. The number of alkyl halides is 1. The fourth-order valence-electron chi connectivity index (χ4n) is 5.03. The van der Waals surface area contributed by atoms with Gasteiger partial charge in [-0.1, -0.05) is 46.9 Å². The number of sulfonamides is 1. The zero-order valence-electron chi connectivity index (χ0n) is 20.8. The van der Waals surface area contributed by atoms with E-state index in [0.717, 1.165) is 40.1 Å². The van der Waals surface area contributed by atoms with Crippen LogP contribution in [0.1, 0.15) is 30.9 Å². The van der Waals surface area contributed by atoms with Crippen LogP contribution in [0.3, 0.4) is 0 Å². The SMILES string of the molecule is N#Cc1cccc(S(=O)(=O)N2CCC(CCOCC(CI)n3cnc4c(N)nc5ccccc5c43)CC2)c1. The number of pyridine rings is 1. The van der Waals surface area contributed by atoms with E-state index in [1.165, 1.54) is 10.4 Å². The first-order valence-electron chi connectivity index (χ1n) is 12.6. The van der Waals surface area contributed by atoms with Crippen LogP contribution in [0.25, 0.3) is 21.9 Å². The molecule has 11 heteroatoms. The van der Waals surface area contributed by atoms with Crippen molar-refractivity contribution in [3.05, 3.63) is 60.4 Å². The minimum atomic E-state index is -3.59. The van der Waals surface area contributed by atoms with Crippen LogP contribution in [-0.4, -0.2) is 58.0 Å². The molecule has 38 heavy (non-hydrogen) atoms. The second-order valence-electron chi connectivity index (χ2n) is 9.52. The highest BCUT2D eigenvalue weighted by molar-refractivity contribution is 14.1. The van der Waals surface area contributed by atoms with Gasteiger partial charge in [0, 0.05) is 29.5 Å². The predicted molar refractivity (Wildman–Crippen MR) is 155 cm³/mol. The maximum atomic E-state index is 13.0. The van der Waals surface area contributed by atoms with Gasteiger partial charge in [0.1, 0.15) is 5.52 Å². The Morgan fingerprint density at radius 1 is 1.18 bits per heavy atom. The molecule has 2 aromatic heterocycles. The molecule has 1 atom stereocenters. The number of rotatable bonds is 9. The Labute approximate surface area is 235 Å². The summed E-state index contributed by atoms with van der Waals surface area (Å²) >= 11 is 2.37. The molecule has 0 amide bonds. The molecule has 5 rings (SSSR count). The zero-order chi connectivity index (χ0) is 26.7. The standard InChI is InChI=1S/C27H29IN6O3S/c28-15-21(34-18-31-25-26(34)23-6-1-2-7-24(23)32-27(25)30)17-37-13-10-19-8-11-33(12-9-19)38(35,36)22-5-3-4-20(14-22)16-29/h1-7,14,18-19,21H,8-13,15,17H2,(H2,30,32). The van der Waals surface area contributed by atoms with Gasteiger partial charge in [0.05, 0.1) is 46.5 Å². The first-order chi connectivity index (χ1) is 18.4. The van der Waals surface area contributed by atoms with Crippen LogP contribution in [0.4, 0.5) is 5.82 Å². The molecule has 0 spiro atoms. The van der Waals surface area contributed by atoms with E-state index in [-0.39, 0.29) is 10.9 Å². The van der Waals surface area contributed by atoms with Crippen molar-refractivity contribution in [3.63, 3.8) is 0 Å². The van der Waals surface area contributed by atoms with Crippen LogP contribution in [0.15, 0.2) is 59.8 Å². The number of ether oxygens (including phenoxy) is 1. The first-order valence-corrected chi connectivity index (χ1v) is 15.5. The highest BCUT2D eigenvalue weighted by Gasteiger charge is 2.29. The topological polar surface area (TPSA) is 127 Å². The fourth-order valence-corrected chi connectivity index (χ4v) is 7.22. The number of halogens is 1. The zero-order valence-corrected chi connectivity index (χ0v) is 23.8. The largest absolute Gasteiger partial charge is 0.382 e. The van der Waals surface area contributed by atoms with Crippen LogP contribution < -0.4 is 5.73 Å². The van der Waals surface area contributed by atoms with Crippen LogP contribution >= 0.6 is 22.6 Å². The maximum absolute atomic E-state index is 13.0. The lowest BCUT2D eigenvalue weighted by atomic mass is 9.95. The molecule has 3 heterocycles. The van der Waals surface area contributed by atoms with E-state index in [2.05, 4.69) is 37.1 Å². The summed E-state index contributed by atoms with van der Waals surface area (Å²) in [6.07, 6.45) is 4.29. The molecule has 1 unspecified atom stereocenters. The van der Waals surface area contributed by atoms with Crippen molar-refractivity contribution in [2.24, 2.45) is 5.92 Å². The number of nitrogens with two attached hydrogens (primary N) is 1. The number of para-hydroxylation sites is 1. The Morgan fingerprint density at radius 3 is 2.74 bits per heavy atom. The summed E-state index contributed by atoms with van der Waals surface area (Å²) in [7, 11) is -3.59. The lowest BCUT2D eigenvalue weighted by molar-refractivity contribution is 0.0915. The number of fused-ring (bicyclic) bond motifs is 3. The smallest absolute Gasteiger partial charge is 0.243 e. The van der Waals surface area contributed by atoms with Gasteiger partial charge in [-0.2, -0.15) is 9.57 Å². The molecule has 0 bridgehead atoms. The van der Waals surface area contributed by atoms with Gasteiger partial charge in [-0.3, -0.25) is 0 Å².